The second-order valence-corrected chi connectivity index (χ2v) is 9.66. The van der Waals surface area contributed by atoms with Gasteiger partial charge in [0.2, 0.25) is 10.0 Å². The van der Waals surface area contributed by atoms with Gasteiger partial charge >= 0.3 is 0 Å². The molecule has 22 heavy (non-hydrogen) atoms. The summed E-state index contributed by atoms with van der Waals surface area (Å²) in [6, 6.07) is 7.25. The van der Waals surface area contributed by atoms with E-state index in [4.69, 9.17) is 0 Å². The molecule has 1 rings (SSSR count). The maximum absolute atomic E-state index is 12.5. The lowest BCUT2D eigenvalue weighted by molar-refractivity contribution is 0.269. The Morgan fingerprint density at radius 3 is 2.00 bits per heavy atom. The van der Waals surface area contributed by atoms with E-state index < -0.39 is 15.6 Å². The Bertz CT molecular complexity index is 566. The quantitative estimate of drug-likeness (QED) is 0.801. The van der Waals surface area contributed by atoms with Gasteiger partial charge in [-0.25, -0.2) is 13.1 Å². The van der Waals surface area contributed by atoms with Crippen molar-refractivity contribution in [3.8, 4) is 0 Å². The lowest BCUT2D eigenvalue weighted by atomic mass is 9.82. The van der Waals surface area contributed by atoms with Gasteiger partial charge < -0.3 is 0 Å². The Morgan fingerprint density at radius 1 is 1.00 bits per heavy atom. The van der Waals surface area contributed by atoms with E-state index >= 15 is 0 Å². The van der Waals surface area contributed by atoms with Gasteiger partial charge in [0.1, 0.15) is 0 Å². The summed E-state index contributed by atoms with van der Waals surface area (Å²) in [6.07, 6.45) is 4.04. The third kappa shape index (κ3) is 6.49. The summed E-state index contributed by atoms with van der Waals surface area (Å²) < 4.78 is 27.9. The molecule has 0 aromatic heterocycles. The van der Waals surface area contributed by atoms with Crippen LogP contribution >= 0.6 is 0 Å². The molecule has 1 aromatic carbocycles. The zero-order valence-electron chi connectivity index (χ0n) is 14.9. The number of sulfonamides is 1. The number of nitrogens with one attached hydrogen (secondary N) is 1. The van der Waals surface area contributed by atoms with E-state index in [1.165, 1.54) is 5.56 Å². The van der Waals surface area contributed by atoms with Crippen molar-refractivity contribution in [1.29, 1.82) is 0 Å². The highest BCUT2D eigenvalue weighted by Crippen LogP contribution is 2.28. The summed E-state index contributed by atoms with van der Waals surface area (Å²) in [6.45, 7) is 12.4. The van der Waals surface area contributed by atoms with Crippen molar-refractivity contribution in [2.75, 3.05) is 0 Å². The van der Waals surface area contributed by atoms with E-state index in [-0.39, 0.29) is 5.41 Å². The molecule has 1 N–H and O–H groups in total. The van der Waals surface area contributed by atoms with E-state index in [9.17, 15) is 8.42 Å². The van der Waals surface area contributed by atoms with Crippen LogP contribution in [0.2, 0.25) is 0 Å². The molecule has 1 aromatic rings. The van der Waals surface area contributed by atoms with Crippen LogP contribution in [-0.4, -0.2) is 14.0 Å². The van der Waals surface area contributed by atoms with Crippen LogP contribution in [0.1, 0.15) is 66.4 Å². The molecule has 0 atom stereocenters. The third-order valence-corrected chi connectivity index (χ3v) is 5.15. The standard InChI is InChI=1S/C18H31NO2S/c1-7-8-9-15-10-12-16(13-11-15)22(20,21)19-18(5,6)14-17(2,3)4/h10-13,19H,7-9,14H2,1-6H3. The summed E-state index contributed by atoms with van der Waals surface area (Å²) >= 11 is 0. The van der Waals surface area contributed by atoms with Crippen LogP contribution in [-0.2, 0) is 16.4 Å². The van der Waals surface area contributed by atoms with Gasteiger partial charge in [-0.1, -0.05) is 46.2 Å². The number of hydrogen-bond acceptors (Lipinski definition) is 2. The van der Waals surface area contributed by atoms with E-state index in [2.05, 4.69) is 32.4 Å². The van der Waals surface area contributed by atoms with Gasteiger partial charge in [0.25, 0.3) is 0 Å². The third-order valence-electron chi connectivity index (χ3n) is 3.44. The molecule has 126 valence electrons. The van der Waals surface area contributed by atoms with Gasteiger partial charge in [-0.2, -0.15) is 0 Å². The first kappa shape index (κ1) is 19.2. The van der Waals surface area contributed by atoms with Gasteiger partial charge in [0, 0.05) is 5.54 Å². The van der Waals surface area contributed by atoms with Crippen LogP contribution in [0.15, 0.2) is 29.2 Å². The number of rotatable bonds is 7. The number of aryl methyl sites for hydroxylation is 1. The molecule has 0 fully saturated rings. The number of unbranched alkanes of at least 4 members (excludes halogenated alkanes) is 1. The first-order chi connectivity index (χ1) is 9.95. The predicted molar refractivity (Wildman–Crippen MR) is 93.5 cm³/mol. The molecule has 3 nitrogen and oxygen atoms in total. The molecule has 0 aliphatic carbocycles. The van der Waals surface area contributed by atoms with E-state index in [1.54, 1.807) is 12.1 Å². The van der Waals surface area contributed by atoms with Gasteiger partial charge in [-0.05, 0) is 56.2 Å². The second kappa shape index (κ2) is 7.14. The molecule has 0 bridgehead atoms. The smallest absolute Gasteiger partial charge is 0.207 e. The van der Waals surface area contributed by atoms with Crippen LogP contribution in [0.5, 0.6) is 0 Å². The Morgan fingerprint density at radius 2 is 1.55 bits per heavy atom. The van der Waals surface area contributed by atoms with Crippen LogP contribution in [0.25, 0.3) is 0 Å². The fourth-order valence-electron chi connectivity index (χ4n) is 3.00. The zero-order chi connectivity index (χ0) is 17.0. The SMILES string of the molecule is CCCCc1ccc(S(=O)(=O)NC(C)(C)CC(C)(C)C)cc1. The normalized spacial score (nSPS) is 13.4. The molecular weight excluding hydrogens is 294 g/mol. The lowest BCUT2D eigenvalue weighted by Gasteiger charge is -2.33. The van der Waals surface area contributed by atoms with Crippen molar-refractivity contribution >= 4 is 10.0 Å². The Balaban J connectivity index is 2.86. The van der Waals surface area contributed by atoms with Crippen molar-refractivity contribution < 1.29 is 8.42 Å². The highest BCUT2D eigenvalue weighted by Gasteiger charge is 2.30. The van der Waals surface area contributed by atoms with Crippen LogP contribution < -0.4 is 4.72 Å². The molecule has 0 aliphatic rings. The summed E-state index contributed by atoms with van der Waals surface area (Å²) in [5.74, 6) is 0. The largest absolute Gasteiger partial charge is 0.241 e. The summed E-state index contributed by atoms with van der Waals surface area (Å²) in [5, 5.41) is 0. The summed E-state index contributed by atoms with van der Waals surface area (Å²) in [7, 11) is -3.48. The van der Waals surface area contributed by atoms with Crippen molar-refractivity contribution in [1.82, 2.24) is 4.72 Å². The minimum Gasteiger partial charge on any atom is -0.207 e. The molecule has 0 aliphatic heterocycles. The van der Waals surface area contributed by atoms with Crippen molar-refractivity contribution in [2.45, 2.75) is 77.7 Å². The van der Waals surface area contributed by atoms with Gasteiger partial charge in [-0.3, -0.25) is 0 Å². The minimum atomic E-state index is -3.48. The van der Waals surface area contributed by atoms with Crippen LogP contribution in [0.4, 0.5) is 0 Å². The van der Waals surface area contributed by atoms with E-state index in [0.717, 1.165) is 25.7 Å². The topological polar surface area (TPSA) is 46.2 Å². The molecule has 0 unspecified atom stereocenters. The molecule has 4 heteroatoms. The average Bonchev–Trinajstić information content (AvgIpc) is 2.32. The molecule has 0 amide bonds. The highest BCUT2D eigenvalue weighted by atomic mass is 32.2. The molecular formula is C18H31NO2S. The van der Waals surface area contributed by atoms with E-state index in [1.807, 2.05) is 26.0 Å². The Labute approximate surface area is 136 Å². The van der Waals surface area contributed by atoms with Crippen LogP contribution in [0, 0.1) is 5.41 Å². The minimum absolute atomic E-state index is 0.0655. The molecule has 0 spiro atoms. The van der Waals surface area contributed by atoms with Crippen molar-refractivity contribution in [3.05, 3.63) is 29.8 Å². The number of benzene rings is 1. The average molecular weight is 326 g/mol. The Hall–Kier alpha value is -0.870. The lowest BCUT2D eigenvalue weighted by Crippen LogP contribution is -2.45. The fraction of sp³-hybridized carbons (Fsp3) is 0.667. The van der Waals surface area contributed by atoms with E-state index in [0.29, 0.717) is 4.90 Å². The summed E-state index contributed by atoms with van der Waals surface area (Å²) in [4.78, 5) is 0.342. The fourth-order valence-corrected chi connectivity index (χ4v) is 4.41. The van der Waals surface area contributed by atoms with Gasteiger partial charge in [-0.15, -0.1) is 0 Å². The molecule has 0 heterocycles. The van der Waals surface area contributed by atoms with Crippen molar-refractivity contribution in [3.63, 3.8) is 0 Å². The molecule has 0 saturated heterocycles. The first-order valence-electron chi connectivity index (χ1n) is 8.08. The monoisotopic (exact) mass is 325 g/mol. The zero-order valence-corrected chi connectivity index (χ0v) is 15.7. The Kier molecular flexibility index (Phi) is 6.22. The molecule has 0 radical (unpaired) electrons. The first-order valence-corrected chi connectivity index (χ1v) is 9.56. The van der Waals surface area contributed by atoms with Gasteiger partial charge in [0.05, 0.1) is 4.90 Å². The second-order valence-electron chi connectivity index (χ2n) is 7.97. The maximum atomic E-state index is 12.5. The highest BCUT2D eigenvalue weighted by molar-refractivity contribution is 7.89. The maximum Gasteiger partial charge on any atom is 0.241 e. The summed E-state index contributed by atoms with van der Waals surface area (Å²) in [5.41, 5.74) is 0.781. The molecule has 0 saturated carbocycles. The predicted octanol–water partition coefficient (Wildman–Crippen LogP) is 4.52. The number of hydrogen-bond donors (Lipinski definition) is 1. The van der Waals surface area contributed by atoms with Crippen molar-refractivity contribution in [2.24, 2.45) is 5.41 Å². The van der Waals surface area contributed by atoms with Crippen LogP contribution in [0.3, 0.4) is 0 Å². The van der Waals surface area contributed by atoms with Gasteiger partial charge in [0.15, 0.2) is 0 Å².